The van der Waals surface area contributed by atoms with E-state index >= 15 is 0 Å². The molecule has 1 aliphatic carbocycles. The number of hydrogen-bond donors (Lipinski definition) is 0. The van der Waals surface area contributed by atoms with Crippen molar-refractivity contribution in [2.75, 3.05) is 0 Å². The van der Waals surface area contributed by atoms with E-state index in [0.717, 1.165) is 17.8 Å². The Morgan fingerprint density at radius 3 is 2.50 bits per heavy atom. The highest BCUT2D eigenvalue weighted by Gasteiger charge is 2.22. The topological polar surface area (TPSA) is 0 Å². The fraction of sp³-hybridized carbons (Fsp3) is 1.00. The first-order chi connectivity index (χ1) is 5.70. The SMILES string of the molecule is CC(C)CCC[C@@H]1CCC[C@H]1C. The van der Waals surface area contributed by atoms with E-state index in [1.807, 2.05) is 0 Å². The van der Waals surface area contributed by atoms with Gasteiger partial charge in [0, 0.05) is 0 Å². The second-order valence-electron chi connectivity index (χ2n) is 4.99. The minimum atomic E-state index is 0.904. The molecule has 0 amide bonds. The molecule has 0 heteroatoms. The molecule has 2 atom stereocenters. The molecular weight excluding hydrogens is 144 g/mol. The van der Waals surface area contributed by atoms with Crippen LogP contribution < -0.4 is 0 Å². The van der Waals surface area contributed by atoms with Gasteiger partial charge in [-0.05, 0) is 17.8 Å². The summed E-state index contributed by atoms with van der Waals surface area (Å²) in [6.07, 6.45) is 8.90. The highest BCUT2D eigenvalue weighted by molar-refractivity contribution is 4.73. The molecule has 0 saturated heterocycles. The van der Waals surface area contributed by atoms with Gasteiger partial charge >= 0.3 is 0 Å². The Hall–Kier alpha value is 0. The molecule has 12 heavy (non-hydrogen) atoms. The molecule has 0 aliphatic heterocycles. The van der Waals surface area contributed by atoms with Crippen LogP contribution in [0.5, 0.6) is 0 Å². The first-order valence-corrected chi connectivity index (χ1v) is 5.70. The first-order valence-electron chi connectivity index (χ1n) is 5.70. The van der Waals surface area contributed by atoms with E-state index in [2.05, 4.69) is 20.8 Å². The monoisotopic (exact) mass is 168 g/mol. The third-order valence-electron chi connectivity index (χ3n) is 3.40. The molecule has 0 aromatic rings. The molecule has 0 heterocycles. The van der Waals surface area contributed by atoms with Crippen LogP contribution in [-0.2, 0) is 0 Å². The zero-order valence-corrected chi connectivity index (χ0v) is 8.97. The van der Waals surface area contributed by atoms with Crippen LogP contribution in [0.3, 0.4) is 0 Å². The van der Waals surface area contributed by atoms with Crippen molar-refractivity contribution in [3.63, 3.8) is 0 Å². The van der Waals surface area contributed by atoms with Gasteiger partial charge < -0.3 is 0 Å². The lowest BCUT2D eigenvalue weighted by Crippen LogP contribution is -2.04. The van der Waals surface area contributed by atoms with Crippen LogP contribution in [0.2, 0.25) is 0 Å². The Kier molecular flexibility index (Phi) is 4.11. The zero-order valence-electron chi connectivity index (χ0n) is 8.97. The predicted molar refractivity (Wildman–Crippen MR) is 55.2 cm³/mol. The first kappa shape index (κ1) is 10.1. The van der Waals surface area contributed by atoms with Gasteiger partial charge in [0.15, 0.2) is 0 Å². The minimum Gasteiger partial charge on any atom is -0.0628 e. The summed E-state index contributed by atoms with van der Waals surface area (Å²) in [5, 5.41) is 0. The highest BCUT2D eigenvalue weighted by atomic mass is 14.3. The second kappa shape index (κ2) is 4.89. The van der Waals surface area contributed by atoms with E-state index in [-0.39, 0.29) is 0 Å². The van der Waals surface area contributed by atoms with Gasteiger partial charge in [0.1, 0.15) is 0 Å². The molecule has 0 spiro atoms. The largest absolute Gasteiger partial charge is 0.0628 e. The molecule has 1 aliphatic rings. The number of hydrogen-bond acceptors (Lipinski definition) is 0. The molecular formula is C12H24. The van der Waals surface area contributed by atoms with Gasteiger partial charge in [-0.15, -0.1) is 0 Å². The predicted octanol–water partition coefficient (Wildman–Crippen LogP) is 4.25. The third-order valence-corrected chi connectivity index (χ3v) is 3.40. The normalized spacial score (nSPS) is 30.0. The summed E-state index contributed by atoms with van der Waals surface area (Å²) in [7, 11) is 0. The van der Waals surface area contributed by atoms with E-state index < -0.39 is 0 Å². The quantitative estimate of drug-likeness (QED) is 0.588. The van der Waals surface area contributed by atoms with Crippen molar-refractivity contribution in [2.45, 2.75) is 59.3 Å². The highest BCUT2D eigenvalue weighted by Crippen LogP contribution is 2.34. The van der Waals surface area contributed by atoms with Gasteiger partial charge in [-0.3, -0.25) is 0 Å². The Morgan fingerprint density at radius 1 is 1.25 bits per heavy atom. The molecule has 1 saturated carbocycles. The maximum absolute atomic E-state index is 2.44. The van der Waals surface area contributed by atoms with Crippen LogP contribution in [0.1, 0.15) is 59.3 Å². The molecule has 0 nitrogen and oxygen atoms in total. The standard InChI is InChI=1S/C12H24/c1-10(2)6-4-8-12-9-5-7-11(12)3/h10-12H,4-9H2,1-3H3/t11-,12-/m1/s1. The van der Waals surface area contributed by atoms with Crippen molar-refractivity contribution >= 4 is 0 Å². The van der Waals surface area contributed by atoms with E-state index in [0.29, 0.717) is 0 Å². The fourth-order valence-corrected chi connectivity index (χ4v) is 2.44. The van der Waals surface area contributed by atoms with Crippen molar-refractivity contribution < 1.29 is 0 Å². The molecule has 1 rings (SSSR count). The smallest absolute Gasteiger partial charge is 0.0388 e. The lowest BCUT2D eigenvalue weighted by atomic mass is 9.91. The van der Waals surface area contributed by atoms with Crippen LogP contribution in [0, 0.1) is 17.8 Å². The van der Waals surface area contributed by atoms with Crippen LogP contribution in [-0.4, -0.2) is 0 Å². The van der Waals surface area contributed by atoms with E-state index in [1.165, 1.54) is 38.5 Å². The maximum Gasteiger partial charge on any atom is -0.0388 e. The fourth-order valence-electron chi connectivity index (χ4n) is 2.44. The van der Waals surface area contributed by atoms with Gasteiger partial charge in [0.25, 0.3) is 0 Å². The van der Waals surface area contributed by atoms with Crippen molar-refractivity contribution in [2.24, 2.45) is 17.8 Å². The molecule has 72 valence electrons. The van der Waals surface area contributed by atoms with Crippen LogP contribution in [0.15, 0.2) is 0 Å². The summed E-state index contributed by atoms with van der Waals surface area (Å²) >= 11 is 0. The Morgan fingerprint density at radius 2 is 2.00 bits per heavy atom. The summed E-state index contributed by atoms with van der Waals surface area (Å²) in [6.45, 7) is 7.10. The van der Waals surface area contributed by atoms with Crippen LogP contribution in [0.25, 0.3) is 0 Å². The summed E-state index contributed by atoms with van der Waals surface area (Å²) in [5.74, 6) is 3.00. The average Bonchev–Trinajstić information content (AvgIpc) is 2.36. The van der Waals surface area contributed by atoms with Gasteiger partial charge in [0.05, 0.1) is 0 Å². The molecule has 0 N–H and O–H groups in total. The maximum atomic E-state index is 2.44. The molecule has 0 unspecified atom stereocenters. The van der Waals surface area contributed by atoms with Crippen LogP contribution in [0.4, 0.5) is 0 Å². The van der Waals surface area contributed by atoms with E-state index in [9.17, 15) is 0 Å². The van der Waals surface area contributed by atoms with Crippen molar-refractivity contribution in [1.82, 2.24) is 0 Å². The van der Waals surface area contributed by atoms with Crippen molar-refractivity contribution in [3.8, 4) is 0 Å². The summed E-state index contributed by atoms with van der Waals surface area (Å²) in [5.41, 5.74) is 0. The third kappa shape index (κ3) is 3.16. The van der Waals surface area contributed by atoms with E-state index in [1.54, 1.807) is 0 Å². The van der Waals surface area contributed by atoms with Gasteiger partial charge in [-0.2, -0.15) is 0 Å². The molecule has 0 radical (unpaired) electrons. The summed E-state index contributed by atoms with van der Waals surface area (Å²) in [6, 6.07) is 0. The molecule has 0 aromatic heterocycles. The van der Waals surface area contributed by atoms with Crippen molar-refractivity contribution in [1.29, 1.82) is 0 Å². The molecule has 1 fully saturated rings. The number of rotatable bonds is 4. The summed E-state index contributed by atoms with van der Waals surface area (Å²) in [4.78, 5) is 0. The van der Waals surface area contributed by atoms with Crippen molar-refractivity contribution in [3.05, 3.63) is 0 Å². The van der Waals surface area contributed by atoms with Gasteiger partial charge in [0.2, 0.25) is 0 Å². The minimum absolute atomic E-state index is 0.904. The Labute approximate surface area is 77.7 Å². The zero-order chi connectivity index (χ0) is 8.97. The molecule has 0 bridgehead atoms. The second-order valence-corrected chi connectivity index (χ2v) is 4.99. The molecule has 0 aromatic carbocycles. The Balaban J connectivity index is 2.06. The van der Waals surface area contributed by atoms with Gasteiger partial charge in [-0.25, -0.2) is 0 Å². The lowest BCUT2D eigenvalue weighted by molar-refractivity contribution is 0.365. The summed E-state index contributed by atoms with van der Waals surface area (Å²) < 4.78 is 0. The Bertz CT molecular complexity index is 115. The van der Waals surface area contributed by atoms with E-state index in [4.69, 9.17) is 0 Å². The van der Waals surface area contributed by atoms with Crippen LogP contribution >= 0.6 is 0 Å². The lowest BCUT2D eigenvalue weighted by Gasteiger charge is -2.15. The average molecular weight is 168 g/mol. The van der Waals surface area contributed by atoms with Gasteiger partial charge in [-0.1, -0.05) is 59.3 Å².